The van der Waals surface area contributed by atoms with Gasteiger partial charge in [0.2, 0.25) is 0 Å². The first kappa shape index (κ1) is 8.52. The molecule has 1 N–H and O–H groups in total. The van der Waals surface area contributed by atoms with Gasteiger partial charge >= 0.3 is 0 Å². The van der Waals surface area contributed by atoms with Gasteiger partial charge in [0.1, 0.15) is 0 Å². The minimum atomic E-state index is 0.948. The van der Waals surface area contributed by atoms with E-state index in [0.717, 1.165) is 11.8 Å². The van der Waals surface area contributed by atoms with E-state index in [1.54, 1.807) is 0 Å². The summed E-state index contributed by atoms with van der Waals surface area (Å²) in [7, 11) is 0. The Kier molecular flexibility index (Phi) is 2.66. The van der Waals surface area contributed by atoms with Crippen molar-refractivity contribution in [2.24, 2.45) is 11.8 Å². The average Bonchev–Trinajstić information content (AvgIpc) is 2.04. The van der Waals surface area contributed by atoms with Crippen LogP contribution >= 0.6 is 0 Å². The van der Waals surface area contributed by atoms with Crippen LogP contribution in [-0.2, 0) is 0 Å². The number of nitrogens with zero attached hydrogens (tertiary/aromatic N) is 1. The quantitative estimate of drug-likeness (QED) is 0.660. The Hall–Kier alpha value is -0.0800. The Morgan fingerprint density at radius 2 is 1.92 bits per heavy atom. The molecule has 0 aromatic heterocycles. The van der Waals surface area contributed by atoms with Crippen molar-refractivity contribution in [2.45, 2.75) is 19.8 Å². The fourth-order valence-corrected chi connectivity index (χ4v) is 2.71. The molecule has 0 unspecified atom stereocenters. The van der Waals surface area contributed by atoms with E-state index in [-0.39, 0.29) is 0 Å². The van der Waals surface area contributed by atoms with Crippen LogP contribution in [0.25, 0.3) is 0 Å². The summed E-state index contributed by atoms with van der Waals surface area (Å²) in [5.41, 5.74) is 0. The zero-order chi connectivity index (χ0) is 8.39. The third kappa shape index (κ3) is 1.80. The Labute approximate surface area is 75.3 Å². The second kappa shape index (κ2) is 3.75. The summed E-state index contributed by atoms with van der Waals surface area (Å²) in [4.78, 5) is 2.65. The van der Waals surface area contributed by atoms with E-state index in [0.29, 0.717) is 0 Å². The van der Waals surface area contributed by atoms with Crippen LogP contribution in [0.3, 0.4) is 0 Å². The van der Waals surface area contributed by atoms with Crippen LogP contribution in [0.2, 0.25) is 0 Å². The van der Waals surface area contributed by atoms with E-state index in [9.17, 15) is 0 Å². The lowest BCUT2D eigenvalue weighted by atomic mass is 9.86. The SMILES string of the molecule is CCCN1C[C@@H]2CNC[C@H](C2)C1. The van der Waals surface area contributed by atoms with Gasteiger partial charge in [-0.05, 0) is 44.3 Å². The maximum atomic E-state index is 3.52. The molecule has 0 aliphatic carbocycles. The van der Waals surface area contributed by atoms with E-state index in [4.69, 9.17) is 0 Å². The first-order chi connectivity index (χ1) is 5.88. The van der Waals surface area contributed by atoms with E-state index in [2.05, 4.69) is 17.1 Å². The summed E-state index contributed by atoms with van der Waals surface area (Å²) in [5.74, 6) is 1.90. The van der Waals surface area contributed by atoms with E-state index >= 15 is 0 Å². The summed E-state index contributed by atoms with van der Waals surface area (Å²) in [6.45, 7) is 8.80. The lowest BCUT2D eigenvalue weighted by Gasteiger charge is -2.41. The first-order valence-electron chi connectivity index (χ1n) is 5.31. The van der Waals surface area contributed by atoms with Gasteiger partial charge in [-0.2, -0.15) is 0 Å². The van der Waals surface area contributed by atoms with Crippen LogP contribution in [0.4, 0.5) is 0 Å². The van der Waals surface area contributed by atoms with Crippen LogP contribution in [-0.4, -0.2) is 37.6 Å². The van der Waals surface area contributed by atoms with Gasteiger partial charge in [-0.25, -0.2) is 0 Å². The molecular formula is C10H20N2. The maximum Gasteiger partial charge on any atom is 0.00220 e. The van der Waals surface area contributed by atoms with Crippen LogP contribution in [0.5, 0.6) is 0 Å². The van der Waals surface area contributed by atoms with E-state index in [1.165, 1.54) is 45.6 Å². The Morgan fingerprint density at radius 3 is 2.50 bits per heavy atom. The molecule has 2 heteroatoms. The molecule has 2 nitrogen and oxygen atoms in total. The molecule has 0 amide bonds. The Morgan fingerprint density at radius 1 is 1.25 bits per heavy atom. The standard InChI is InChI=1S/C10H20N2/c1-2-3-12-7-9-4-10(8-12)6-11-5-9/h9-11H,2-8H2,1H3/t9-,10-/m0/s1. The number of fused-ring (bicyclic) bond motifs is 2. The van der Waals surface area contributed by atoms with Crippen molar-refractivity contribution in [1.82, 2.24) is 10.2 Å². The van der Waals surface area contributed by atoms with Crippen LogP contribution in [0, 0.1) is 11.8 Å². The minimum Gasteiger partial charge on any atom is -0.316 e. The third-order valence-corrected chi connectivity index (χ3v) is 3.11. The van der Waals surface area contributed by atoms with E-state index in [1.807, 2.05) is 0 Å². The molecule has 2 saturated heterocycles. The van der Waals surface area contributed by atoms with Crippen LogP contribution in [0.15, 0.2) is 0 Å². The zero-order valence-electron chi connectivity index (χ0n) is 8.05. The van der Waals surface area contributed by atoms with Gasteiger partial charge in [0.25, 0.3) is 0 Å². The number of rotatable bonds is 2. The van der Waals surface area contributed by atoms with Crippen molar-refractivity contribution in [2.75, 3.05) is 32.7 Å². The second-order valence-corrected chi connectivity index (χ2v) is 4.39. The monoisotopic (exact) mass is 168 g/mol. The van der Waals surface area contributed by atoms with Gasteiger partial charge in [0.15, 0.2) is 0 Å². The van der Waals surface area contributed by atoms with Gasteiger partial charge in [0.05, 0.1) is 0 Å². The van der Waals surface area contributed by atoms with Crippen molar-refractivity contribution in [3.8, 4) is 0 Å². The first-order valence-corrected chi connectivity index (χ1v) is 5.31. The Bertz CT molecular complexity index is 135. The van der Waals surface area contributed by atoms with Gasteiger partial charge in [0, 0.05) is 13.1 Å². The Balaban J connectivity index is 1.87. The van der Waals surface area contributed by atoms with Crippen molar-refractivity contribution in [1.29, 1.82) is 0 Å². The average molecular weight is 168 g/mol. The molecule has 0 aromatic rings. The smallest absolute Gasteiger partial charge is 0.00220 e. The molecule has 2 atom stereocenters. The number of nitrogens with one attached hydrogen (secondary N) is 1. The van der Waals surface area contributed by atoms with Gasteiger partial charge in [-0.15, -0.1) is 0 Å². The molecule has 2 heterocycles. The number of hydrogen-bond donors (Lipinski definition) is 1. The topological polar surface area (TPSA) is 15.3 Å². The summed E-state index contributed by atoms with van der Waals surface area (Å²) in [6.07, 6.45) is 2.79. The van der Waals surface area contributed by atoms with Crippen molar-refractivity contribution in [3.05, 3.63) is 0 Å². The second-order valence-electron chi connectivity index (χ2n) is 4.39. The minimum absolute atomic E-state index is 0.948. The molecular weight excluding hydrogens is 148 g/mol. The highest BCUT2D eigenvalue weighted by molar-refractivity contribution is 4.85. The molecule has 0 saturated carbocycles. The largest absolute Gasteiger partial charge is 0.316 e. The molecule has 2 aliphatic rings. The van der Waals surface area contributed by atoms with Crippen molar-refractivity contribution < 1.29 is 0 Å². The molecule has 2 fully saturated rings. The molecule has 12 heavy (non-hydrogen) atoms. The van der Waals surface area contributed by atoms with Crippen LogP contribution < -0.4 is 5.32 Å². The predicted molar refractivity (Wildman–Crippen MR) is 51.2 cm³/mol. The van der Waals surface area contributed by atoms with Crippen LogP contribution in [0.1, 0.15) is 19.8 Å². The lowest BCUT2D eigenvalue weighted by Crippen LogP contribution is -2.51. The summed E-state index contributed by atoms with van der Waals surface area (Å²) in [6, 6.07) is 0. The molecule has 2 rings (SSSR count). The van der Waals surface area contributed by atoms with Gasteiger partial charge in [-0.1, -0.05) is 6.92 Å². The number of likely N-dealkylation sites (tertiary alicyclic amines) is 1. The molecule has 70 valence electrons. The van der Waals surface area contributed by atoms with Crippen molar-refractivity contribution >= 4 is 0 Å². The highest BCUT2D eigenvalue weighted by Crippen LogP contribution is 2.24. The summed E-state index contributed by atoms with van der Waals surface area (Å²) >= 11 is 0. The third-order valence-electron chi connectivity index (χ3n) is 3.11. The molecule has 0 aromatic carbocycles. The number of hydrogen-bond acceptors (Lipinski definition) is 2. The fourth-order valence-electron chi connectivity index (χ4n) is 2.71. The normalized spacial score (nSPS) is 36.8. The van der Waals surface area contributed by atoms with E-state index < -0.39 is 0 Å². The van der Waals surface area contributed by atoms with Crippen molar-refractivity contribution in [3.63, 3.8) is 0 Å². The highest BCUT2D eigenvalue weighted by atomic mass is 15.1. The zero-order valence-corrected chi connectivity index (χ0v) is 8.05. The summed E-state index contributed by atoms with van der Waals surface area (Å²) < 4.78 is 0. The molecule has 0 radical (unpaired) electrons. The lowest BCUT2D eigenvalue weighted by molar-refractivity contribution is 0.0976. The highest BCUT2D eigenvalue weighted by Gasteiger charge is 2.29. The molecule has 2 bridgehead atoms. The molecule has 2 aliphatic heterocycles. The summed E-state index contributed by atoms with van der Waals surface area (Å²) in [5, 5.41) is 3.52. The molecule has 0 spiro atoms. The van der Waals surface area contributed by atoms with Gasteiger partial charge in [-0.3, -0.25) is 0 Å². The fraction of sp³-hybridized carbons (Fsp3) is 1.00. The predicted octanol–water partition coefficient (Wildman–Crippen LogP) is 0.938. The van der Waals surface area contributed by atoms with Gasteiger partial charge < -0.3 is 10.2 Å². The maximum absolute atomic E-state index is 3.52. The number of piperidine rings is 2.